The van der Waals surface area contributed by atoms with E-state index in [4.69, 9.17) is 9.84 Å². The van der Waals surface area contributed by atoms with Crippen molar-refractivity contribution in [1.82, 2.24) is 5.32 Å². The molecule has 17 heavy (non-hydrogen) atoms. The van der Waals surface area contributed by atoms with Gasteiger partial charge in [-0.25, -0.2) is 4.39 Å². The molecule has 1 aromatic carbocycles. The molecule has 0 aliphatic heterocycles. The van der Waals surface area contributed by atoms with Crippen molar-refractivity contribution in [2.75, 3.05) is 19.8 Å². The van der Waals surface area contributed by atoms with Crippen LogP contribution in [-0.4, -0.2) is 24.9 Å². The summed E-state index contributed by atoms with van der Waals surface area (Å²) in [6.45, 7) is 8.03. The van der Waals surface area contributed by atoms with Crippen molar-refractivity contribution in [3.63, 3.8) is 0 Å². The molecule has 0 bridgehead atoms. The van der Waals surface area contributed by atoms with Gasteiger partial charge in [0.05, 0.1) is 13.2 Å². The van der Waals surface area contributed by atoms with Crippen LogP contribution in [0.15, 0.2) is 30.4 Å². The first-order valence-electron chi connectivity index (χ1n) is 5.50. The smallest absolute Gasteiger partial charge is 0.165 e. The molecule has 2 N–H and O–H groups in total. The minimum Gasteiger partial charge on any atom is -0.505 e. The molecule has 3 nitrogen and oxygen atoms in total. The second-order valence-electron chi connectivity index (χ2n) is 3.97. The van der Waals surface area contributed by atoms with Gasteiger partial charge >= 0.3 is 0 Å². The molecular weight excluding hydrogens is 221 g/mol. The molecule has 4 heteroatoms. The molecule has 1 aromatic rings. The van der Waals surface area contributed by atoms with Gasteiger partial charge in [0.15, 0.2) is 11.6 Å². The van der Waals surface area contributed by atoms with Crippen molar-refractivity contribution < 1.29 is 14.2 Å². The van der Waals surface area contributed by atoms with Crippen LogP contribution < -0.4 is 5.32 Å². The van der Waals surface area contributed by atoms with Crippen LogP contribution in [0.2, 0.25) is 0 Å². The quantitative estimate of drug-likeness (QED) is 0.566. The summed E-state index contributed by atoms with van der Waals surface area (Å²) in [5, 5.41) is 12.1. The highest BCUT2D eigenvalue weighted by atomic mass is 19.1. The minimum atomic E-state index is -0.595. The number of benzene rings is 1. The van der Waals surface area contributed by atoms with Gasteiger partial charge in [0.1, 0.15) is 0 Å². The van der Waals surface area contributed by atoms with E-state index in [9.17, 15) is 4.39 Å². The van der Waals surface area contributed by atoms with Gasteiger partial charge in [-0.1, -0.05) is 18.2 Å². The average Bonchev–Trinajstić information content (AvgIpc) is 2.27. The Kier molecular flexibility index (Phi) is 5.66. The first-order chi connectivity index (χ1) is 8.09. The van der Waals surface area contributed by atoms with Crippen molar-refractivity contribution in [2.45, 2.75) is 13.5 Å². The van der Waals surface area contributed by atoms with Crippen molar-refractivity contribution in [1.29, 1.82) is 0 Å². The maximum Gasteiger partial charge on any atom is 0.165 e. The lowest BCUT2D eigenvalue weighted by atomic mass is 10.2. The summed E-state index contributed by atoms with van der Waals surface area (Å²) in [6.07, 6.45) is 0. The number of hydrogen-bond acceptors (Lipinski definition) is 3. The van der Waals surface area contributed by atoms with Crippen LogP contribution >= 0.6 is 0 Å². The van der Waals surface area contributed by atoms with Gasteiger partial charge in [0, 0.05) is 13.1 Å². The molecule has 0 saturated heterocycles. The van der Waals surface area contributed by atoms with E-state index < -0.39 is 5.82 Å². The summed E-state index contributed by atoms with van der Waals surface area (Å²) < 4.78 is 18.3. The van der Waals surface area contributed by atoms with Gasteiger partial charge in [-0.05, 0) is 24.6 Å². The van der Waals surface area contributed by atoms with Gasteiger partial charge in [0.25, 0.3) is 0 Å². The zero-order chi connectivity index (χ0) is 12.7. The third-order valence-electron chi connectivity index (χ3n) is 2.11. The van der Waals surface area contributed by atoms with E-state index in [1.54, 1.807) is 6.07 Å². The molecule has 0 aliphatic rings. The molecular formula is C13H18FNO2. The number of nitrogens with one attached hydrogen (secondary N) is 1. The molecule has 0 spiro atoms. The number of hydrogen-bond donors (Lipinski definition) is 2. The Morgan fingerprint density at radius 2 is 2.29 bits per heavy atom. The summed E-state index contributed by atoms with van der Waals surface area (Å²) in [5.41, 5.74) is 1.78. The lowest BCUT2D eigenvalue weighted by molar-refractivity contribution is 0.157. The van der Waals surface area contributed by atoms with E-state index in [0.29, 0.717) is 26.3 Å². The summed E-state index contributed by atoms with van der Waals surface area (Å²) in [7, 11) is 0. The van der Waals surface area contributed by atoms with E-state index in [-0.39, 0.29) is 5.75 Å². The first-order valence-corrected chi connectivity index (χ1v) is 5.50. The van der Waals surface area contributed by atoms with Crippen LogP contribution in [0.4, 0.5) is 4.39 Å². The van der Waals surface area contributed by atoms with Gasteiger partial charge in [-0.3, -0.25) is 0 Å². The van der Waals surface area contributed by atoms with Crippen LogP contribution in [-0.2, 0) is 11.3 Å². The Morgan fingerprint density at radius 3 is 2.94 bits per heavy atom. The van der Waals surface area contributed by atoms with Crippen LogP contribution in [0.5, 0.6) is 5.75 Å². The van der Waals surface area contributed by atoms with Crippen LogP contribution in [0.25, 0.3) is 0 Å². The largest absolute Gasteiger partial charge is 0.505 e. The zero-order valence-electron chi connectivity index (χ0n) is 10.0. The predicted molar refractivity (Wildman–Crippen MR) is 65.4 cm³/mol. The second kappa shape index (κ2) is 7.04. The Bertz CT molecular complexity index is 380. The fourth-order valence-corrected chi connectivity index (χ4v) is 1.28. The Balaban J connectivity index is 2.18. The van der Waals surface area contributed by atoms with E-state index in [1.165, 1.54) is 12.1 Å². The molecule has 94 valence electrons. The van der Waals surface area contributed by atoms with Crippen molar-refractivity contribution in [3.8, 4) is 5.75 Å². The molecule has 0 saturated carbocycles. The molecule has 0 radical (unpaired) electrons. The van der Waals surface area contributed by atoms with Crippen molar-refractivity contribution in [3.05, 3.63) is 41.7 Å². The molecule has 0 atom stereocenters. The highest BCUT2D eigenvalue weighted by Crippen LogP contribution is 2.15. The van der Waals surface area contributed by atoms with E-state index >= 15 is 0 Å². The summed E-state index contributed by atoms with van der Waals surface area (Å²) >= 11 is 0. The fourth-order valence-electron chi connectivity index (χ4n) is 1.28. The Morgan fingerprint density at radius 1 is 1.53 bits per heavy atom. The summed E-state index contributed by atoms with van der Waals surface area (Å²) in [5.74, 6) is -0.915. The standard InChI is InChI=1S/C13H18FNO2/c1-10(2)9-17-6-5-15-8-11-3-4-13(16)12(14)7-11/h3-4,7,15-16H,1,5-6,8-9H2,2H3. The third kappa shape index (κ3) is 5.47. The lowest BCUT2D eigenvalue weighted by Crippen LogP contribution is -2.19. The molecule has 0 unspecified atom stereocenters. The molecule has 0 fully saturated rings. The van der Waals surface area contributed by atoms with E-state index in [0.717, 1.165) is 11.1 Å². The Hall–Kier alpha value is -1.39. The summed E-state index contributed by atoms with van der Waals surface area (Å²) in [6, 6.07) is 4.35. The number of phenolic OH excluding ortho intramolecular Hbond substituents is 1. The Labute approximate surface area is 101 Å². The second-order valence-corrected chi connectivity index (χ2v) is 3.97. The molecule has 1 rings (SSSR count). The van der Waals surface area contributed by atoms with Crippen molar-refractivity contribution >= 4 is 0 Å². The number of ether oxygens (including phenoxy) is 1. The number of rotatable bonds is 7. The number of halogens is 1. The van der Waals surface area contributed by atoms with E-state index in [1.807, 2.05) is 6.92 Å². The van der Waals surface area contributed by atoms with Gasteiger partial charge < -0.3 is 15.2 Å². The highest BCUT2D eigenvalue weighted by Gasteiger charge is 2.00. The maximum atomic E-state index is 13.0. The average molecular weight is 239 g/mol. The molecule has 0 aliphatic carbocycles. The maximum absolute atomic E-state index is 13.0. The third-order valence-corrected chi connectivity index (χ3v) is 2.11. The van der Waals surface area contributed by atoms with Crippen LogP contribution in [0.1, 0.15) is 12.5 Å². The van der Waals surface area contributed by atoms with Crippen molar-refractivity contribution in [2.24, 2.45) is 0 Å². The first kappa shape index (κ1) is 13.7. The van der Waals surface area contributed by atoms with E-state index in [2.05, 4.69) is 11.9 Å². The van der Waals surface area contributed by atoms with Gasteiger partial charge in [-0.15, -0.1) is 0 Å². The molecule has 0 amide bonds. The minimum absolute atomic E-state index is 0.321. The highest BCUT2D eigenvalue weighted by molar-refractivity contribution is 5.27. The molecule has 0 aromatic heterocycles. The fraction of sp³-hybridized carbons (Fsp3) is 0.385. The SMILES string of the molecule is C=C(C)COCCNCc1ccc(O)c(F)c1. The van der Waals surface area contributed by atoms with Gasteiger partial charge in [0.2, 0.25) is 0 Å². The normalized spacial score (nSPS) is 10.5. The lowest BCUT2D eigenvalue weighted by Gasteiger charge is -2.06. The number of phenols is 1. The van der Waals surface area contributed by atoms with Crippen LogP contribution in [0.3, 0.4) is 0 Å². The van der Waals surface area contributed by atoms with Gasteiger partial charge in [-0.2, -0.15) is 0 Å². The number of aromatic hydroxyl groups is 1. The summed E-state index contributed by atoms with van der Waals surface area (Å²) in [4.78, 5) is 0. The topological polar surface area (TPSA) is 41.5 Å². The van der Waals surface area contributed by atoms with Crippen LogP contribution in [0, 0.1) is 5.82 Å². The predicted octanol–water partition coefficient (Wildman–Crippen LogP) is 2.21. The zero-order valence-corrected chi connectivity index (χ0v) is 10.0. The monoisotopic (exact) mass is 239 g/mol. The molecule has 0 heterocycles.